The van der Waals surface area contributed by atoms with Crippen molar-refractivity contribution >= 4 is 17.7 Å². The zero-order valence-electron chi connectivity index (χ0n) is 7.88. The lowest BCUT2D eigenvalue weighted by atomic mass is 10.5. The lowest BCUT2D eigenvalue weighted by Gasteiger charge is -1.98. The van der Waals surface area contributed by atoms with Crippen molar-refractivity contribution in [2.24, 2.45) is 0 Å². The van der Waals surface area contributed by atoms with Crippen LogP contribution in [-0.4, -0.2) is 18.2 Å². The van der Waals surface area contributed by atoms with Gasteiger partial charge in [0.2, 0.25) is 5.91 Å². The largest absolute Gasteiger partial charge is 0.356 e. The number of thioether (sulfide) groups is 1. The Bertz CT molecular complexity index is 205. The van der Waals surface area contributed by atoms with Crippen molar-refractivity contribution in [2.45, 2.75) is 19.8 Å². The number of carbonyl (C=O) groups is 1. The quantitative estimate of drug-likeness (QED) is 0.519. The zero-order valence-corrected chi connectivity index (χ0v) is 8.69. The third kappa shape index (κ3) is 11.1. The van der Waals surface area contributed by atoms with Crippen LogP contribution in [0.4, 0.5) is 0 Å². The van der Waals surface area contributed by atoms with Crippen molar-refractivity contribution in [3.05, 3.63) is 11.5 Å². The highest BCUT2D eigenvalue weighted by Gasteiger charge is 1.89. The Morgan fingerprint density at radius 3 is 3.08 bits per heavy atom. The van der Waals surface area contributed by atoms with Gasteiger partial charge in [-0.2, -0.15) is 0 Å². The predicted molar refractivity (Wildman–Crippen MR) is 58.3 cm³/mol. The van der Waals surface area contributed by atoms with Crippen molar-refractivity contribution in [3.8, 4) is 12.3 Å². The molecule has 0 aromatic rings. The van der Waals surface area contributed by atoms with Crippen LogP contribution >= 0.6 is 11.8 Å². The van der Waals surface area contributed by atoms with E-state index in [2.05, 4.69) is 11.2 Å². The topological polar surface area (TPSA) is 29.1 Å². The van der Waals surface area contributed by atoms with Gasteiger partial charge in [0.05, 0.1) is 0 Å². The first kappa shape index (κ1) is 12.1. The highest BCUT2D eigenvalue weighted by atomic mass is 32.2. The molecule has 1 N–H and O–H groups in total. The molecule has 0 aliphatic carbocycles. The van der Waals surface area contributed by atoms with Gasteiger partial charge in [0.15, 0.2) is 0 Å². The normalized spacial score (nSPS) is 9.85. The molecule has 0 saturated carbocycles. The molecule has 0 aliphatic heterocycles. The van der Waals surface area contributed by atoms with Crippen LogP contribution in [-0.2, 0) is 4.79 Å². The number of amides is 1. The lowest BCUT2D eigenvalue weighted by Crippen LogP contribution is -2.21. The highest BCUT2D eigenvalue weighted by Crippen LogP contribution is 2.03. The molecular weight excluding hydrogens is 182 g/mol. The van der Waals surface area contributed by atoms with Gasteiger partial charge in [0.25, 0.3) is 0 Å². The van der Waals surface area contributed by atoms with Gasteiger partial charge in [-0.3, -0.25) is 4.79 Å². The zero-order chi connectivity index (χ0) is 9.94. The van der Waals surface area contributed by atoms with Gasteiger partial charge in [0, 0.05) is 19.9 Å². The molecular formula is C10H15NOS. The Balaban J connectivity index is 3.09. The van der Waals surface area contributed by atoms with Crippen LogP contribution in [0.3, 0.4) is 0 Å². The minimum absolute atomic E-state index is 0.0351. The van der Waals surface area contributed by atoms with Gasteiger partial charge in [0.1, 0.15) is 0 Å². The molecule has 3 heteroatoms. The minimum atomic E-state index is 0.0351. The van der Waals surface area contributed by atoms with Crippen molar-refractivity contribution in [2.75, 3.05) is 12.3 Å². The molecule has 0 heterocycles. The molecule has 0 radical (unpaired) electrons. The summed E-state index contributed by atoms with van der Waals surface area (Å²) in [6.07, 6.45) is 8.71. The van der Waals surface area contributed by atoms with E-state index in [0.29, 0.717) is 6.42 Å². The maximum atomic E-state index is 10.5. The predicted octanol–water partition coefficient (Wildman–Crippen LogP) is 1.78. The van der Waals surface area contributed by atoms with Crippen molar-refractivity contribution in [3.63, 3.8) is 0 Å². The fourth-order valence-electron chi connectivity index (χ4n) is 0.672. The standard InChI is InChI=1S/C10H15NOS/c1-3-4-5-8-13-9-6-7-11-10(2)12/h1,5,8H,4,6-7,9H2,2H3,(H,11,12)/b8-5-. The molecule has 0 bridgehead atoms. The molecule has 0 saturated heterocycles. The number of carbonyl (C=O) groups excluding carboxylic acids is 1. The van der Waals surface area contributed by atoms with Crippen LogP contribution < -0.4 is 5.32 Å². The summed E-state index contributed by atoms with van der Waals surface area (Å²) in [5.74, 6) is 3.58. The summed E-state index contributed by atoms with van der Waals surface area (Å²) in [6.45, 7) is 2.28. The second-order valence-electron chi connectivity index (χ2n) is 2.49. The molecule has 0 atom stereocenters. The minimum Gasteiger partial charge on any atom is -0.356 e. The first-order valence-electron chi connectivity index (χ1n) is 4.22. The molecule has 13 heavy (non-hydrogen) atoms. The Kier molecular flexibility index (Phi) is 8.59. The van der Waals surface area contributed by atoms with E-state index in [9.17, 15) is 4.79 Å². The summed E-state index contributed by atoms with van der Waals surface area (Å²) in [7, 11) is 0. The molecule has 1 amide bonds. The number of hydrogen-bond donors (Lipinski definition) is 1. The van der Waals surface area contributed by atoms with Crippen LogP contribution in [0.25, 0.3) is 0 Å². The monoisotopic (exact) mass is 197 g/mol. The van der Waals surface area contributed by atoms with E-state index in [0.717, 1.165) is 18.7 Å². The van der Waals surface area contributed by atoms with Crippen LogP contribution in [0.1, 0.15) is 19.8 Å². The van der Waals surface area contributed by atoms with E-state index in [1.165, 1.54) is 6.92 Å². The maximum absolute atomic E-state index is 10.5. The molecule has 0 aliphatic rings. The summed E-state index contributed by atoms with van der Waals surface area (Å²) in [5, 5.41) is 4.75. The lowest BCUT2D eigenvalue weighted by molar-refractivity contribution is -0.118. The number of rotatable bonds is 6. The number of terminal acetylenes is 1. The van der Waals surface area contributed by atoms with E-state index < -0.39 is 0 Å². The Hall–Kier alpha value is -0.880. The van der Waals surface area contributed by atoms with E-state index in [1.54, 1.807) is 11.8 Å². The summed E-state index contributed by atoms with van der Waals surface area (Å²) in [6, 6.07) is 0. The van der Waals surface area contributed by atoms with E-state index in [1.807, 2.05) is 11.5 Å². The third-order valence-electron chi connectivity index (χ3n) is 1.24. The fraction of sp³-hybridized carbons (Fsp3) is 0.500. The first-order valence-corrected chi connectivity index (χ1v) is 5.26. The van der Waals surface area contributed by atoms with Crippen molar-refractivity contribution in [1.82, 2.24) is 5.32 Å². The summed E-state index contributed by atoms with van der Waals surface area (Å²) < 4.78 is 0. The van der Waals surface area contributed by atoms with E-state index >= 15 is 0 Å². The van der Waals surface area contributed by atoms with Crippen LogP contribution in [0, 0.1) is 12.3 Å². The molecule has 72 valence electrons. The Morgan fingerprint density at radius 2 is 2.46 bits per heavy atom. The molecule has 0 aromatic heterocycles. The van der Waals surface area contributed by atoms with Crippen molar-refractivity contribution in [1.29, 1.82) is 0 Å². The molecule has 0 fully saturated rings. The maximum Gasteiger partial charge on any atom is 0.216 e. The first-order chi connectivity index (χ1) is 6.27. The summed E-state index contributed by atoms with van der Waals surface area (Å²) >= 11 is 1.72. The van der Waals surface area contributed by atoms with Gasteiger partial charge in [-0.1, -0.05) is 6.08 Å². The number of nitrogens with one attached hydrogen (secondary N) is 1. The molecule has 0 rings (SSSR count). The summed E-state index contributed by atoms with van der Waals surface area (Å²) in [5.41, 5.74) is 0. The van der Waals surface area contributed by atoms with Gasteiger partial charge in [-0.05, 0) is 17.6 Å². The second-order valence-corrected chi connectivity index (χ2v) is 3.50. The van der Waals surface area contributed by atoms with Crippen molar-refractivity contribution < 1.29 is 4.79 Å². The average Bonchev–Trinajstić information content (AvgIpc) is 2.09. The fourth-order valence-corrected chi connectivity index (χ4v) is 1.35. The van der Waals surface area contributed by atoms with E-state index in [-0.39, 0.29) is 5.91 Å². The summed E-state index contributed by atoms with van der Waals surface area (Å²) in [4.78, 5) is 10.5. The van der Waals surface area contributed by atoms with Gasteiger partial charge < -0.3 is 5.32 Å². The third-order valence-corrected chi connectivity index (χ3v) is 2.15. The number of allylic oxidation sites excluding steroid dienone is 1. The smallest absolute Gasteiger partial charge is 0.216 e. The SMILES string of the molecule is C#CC/C=C\SCCCNC(C)=O. The van der Waals surface area contributed by atoms with Gasteiger partial charge in [-0.15, -0.1) is 24.1 Å². The Morgan fingerprint density at radius 1 is 1.69 bits per heavy atom. The van der Waals surface area contributed by atoms with Crippen LogP contribution in [0.15, 0.2) is 11.5 Å². The number of hydrogen-bond acceptors (Lipinski definition) is 2. The van der Waals surface area contributed by atoms with Gasteiger partial charge in [-0.25, -0.2) is 0 Å². The van der Waals surface area contributed by atoms with E-state index in [4.69, 9.17) is 6.42 Å². The molecule has 0 spiro atoms. The molecule has 0 aromatic carbocycles. The van der Waals surface area contributed by atoms with Crippen LogP contribution in [0.5, 0.6) is 0 Å². The Labute approximate surface area is 84.2 Å². The molecule has 0 unspecified atom stereocenters. The average molecular weight is 197 g/mol. The molecule has 2 nitrogen and oxygen atoms in total. The highest BCUT2D eigenvalue weighted by molar-refractivity contribution is 8.02. The van der Waals surface area contributed by atoms with Gasteiger partial charge >= 0.3 is 0 Å². The second kappa shape index (κ2) is 9.21. The van der Waals surface area contributed by atoms with Crippen LogP contribution in [0.2, 0.25) is 0 Å².